The first-order valence-corrected chi connectivity index (χ1v) is 7.12. The van der Waals surface area contributed by atoms with Gasteiger partial charge in [0.25, 0.3) is 5.91 Å². The minimum absolute atomic E-state index is 0.0191. The van der Waals surface area contributed by atoms with Gasteiger partial charge in [-0.3, -0.25) is 4.79 Å². The molecule has 6 heteroatoms. The van der Waals surface area contributed by atoms with E-state index in [0.29, 0.717) is 11.5 Å². The predicted octanol–water partition coefficient (Wildman–Crippen LogP) is 2.55. The molecule has 118 valence electrons. The summed E-state index contributed by atoms with van der Waals surface area (Å²) in [6, 6.07) is 13.3. The van der Waals surface area contributed by atoms with Gasteiger partial charge in [0, 0.05) is 0 Å². The largest absolute Gasteiger partial charge is 0.482 e. The third-order valence-electron chi connectivity index (χ3n) is 3.52. The van der Waals surface area contributed by atoms with Gasteiger partial charge in [0.05, 0.1) is 11.3 Å². The Hall–Kier alpha value is -3.02. The Bertz CT molecular complexity index is 758. The van der Waals surface area contributed by atoms with Crippen molar-refractivity contribution >= 4 is 17.6 Å². The fourth-order valence-electron chi connectivity index (χ4n) is 2.39. The van der Waals surface area contributed by atoms with Crippen LogP contribution in [0.25, 0.3) is 0 Å². The second-order valence-corrected chi connectivity index (χ2v) is 5.15. The van der Waals surface area contributed by atoms with Gasteiger partial charge in [-0.25, -0.2) is 4.79 Å². The number of hydrogen-bond acceptors (Lipinski definition) is 4. The molecule has 6 nitrogen and oxygen atoms in total. The summed E-state index contributed by atoms with van der Waals surface area (Å²) in [6.45, 7) is 1.73. The minimum atomic E-state index is -1.11. The molecule has 0 bridgehead atoms. The molecule has 0 saturated carbocycles. The number of anilines is 1. The highest BCUT2D eigenvalue weighted by Gasteiger charge is 2.34. The van der Waals surface area contributed by atoms with Crippen LogP contribution < -0.4 is 14.8 Å². The zero-order valence-electron chi connectivity index (χ0n) is 12.4. The summed E-state index contributed by atoms with van der Waals surface area (Å²) < 4.78 is 11.4. The maximum absolute atomic E-state index is 12.5. The van der Waals surface area contributed by atoms with E-state index in [4.69, 9.17) is 14.6 Å². The van der Waals surface area contributed by atoms with Crippen molar-refractivity contribution in [1.82, 2.24) is 0 Å². The second kappa shape index (κ2) is 6.00. The van der Waals surface area contributed by atoms with Crippen LogP contribution in [-0.4, -0.2) is 29.2 Å². The molecule has 2 N–H and O–H groups in total. The number of para-hydroxylation sites is 3. The molecule has 0 saturated heterocycles. The van der Waals surface area contributed by atoms with Crippen LogP contribution >= 0.6 is 0 Å². The van der Waals surface area contributed by atoms with Crippen LogP contribution in [0.15, 0.2) is 48.5 Å². The Balaban J connectivity index is 1.81. The van der Waals surface area contributed by atoms with Crippen molar-refractivity contribution in [3.05, 3.63) is 54.1 Å². The van der Waals surface area contributed by atoms with Crippen molar-refractivity contribution in [2.24, 2.45) is 0 Å². The minimum Gasteiger partial charge on any atom is -0.482 e. The molecule has 1 aliphatic heterocycles. The van der Waals surface area contributed by atoms with Crippen molar-refractivity contribution in [2.75, 3.05) is 5.32 Å². The molecule has 0 radical (unpaired) electrons. The van der Waals surface area contributed by atoms with Gasteiger partial charge in [-0.1, -0.05) is 24.3 Å². The van der Waals surface area contributed by atoms with E-state index >= 15 is 0 Å². The molecule has 23 heavy (non-hydrogen) atoms. The number of hydrogen-bond donors (Lipinski definition) is 2. The third-order valence-corrected chi connectivity index (χ3v) is 3.52. The quantitative estimate of drug-likeness (QED) is 0.909. The van der Waals surface area contributed by atoms with Crippen LogP contribution in [0.4, 0.5) is 5.69 Å². The van der Waals surface area contributed by atoms with E-state index in [1.54, 1.807) is 37.3 Å². The van der Waals surface area contributed by atoms with E-state index in [-0.39, 0.29) is 11.3 Å². The molecule has 0 aromatic heterocycles. The average Bonchev–Trinajstić information content (AvgIpc) is 2.54. The fraction of sp³-hybridized carbons (Fsp3) is 0.176. The summed E-state index contributed by atoms with van der Waals surface area (Å²) in [7, 11) is 0. The lowest BCUT2D eigenvalue weighted by molar-refractivity contribution is -0.128. The highest BCUT2D eigenvalue weighted by atomic mass is 16.6. The SMILES string of the molecule is CC1Oc2ccccc2OC1C(=O)Nc1ccccc1C(=O)O. The third kappa shape index (κ3) is 2.96. The molecular weight excluding hydrogens is 298 g/mol. The van der Waals surface area contributed by atoms with Gasteiger partial charge < -0.3 is 19.9 Å². The van der Waals surface area contributed by atoms with Gasteiger partial charge in [-0.05, 0) is 31.2 Å². The number of aromatic carboxylic acids is 1. The first-order valence-electron chi connectivity index (χ1n) is 7.12. The van der Waals surface area contributed by atoms with E-state index in [2.05, 4.69) is 5.32 Å². The second-order valence-electron chi connectivity index (χ2n) is 5.15. The summed E-state index contributed by atoms with van der Waals surface area (Å²) in [4.78, 5) is 23.7. The number of carbonyl (C=O) groups excluding carboxylic acids is 1. The maximum Gasteiger partial charge on any atom is 0.337 e. The normalized spacial score (nSPS) is 19.0. The summed E-state index contributed by atoms with van der Waals surface area (Å²) in [5.41, 5.74) is 0.241. The van der Waals surface area contributed by atoms with Crippen LogP contribution in [0.3, 0.4) is 0 Å². The van der Waals surface area contributed by atoms with Crippen LogP contribution in [0.1, 0.15) is 17.3 Å². The van der Waals surface area contributed by atoms with Crippen molar-refractivity contribution in [1.29, 1.82) is 0 Å². The number of carbonyl (C=O) groups is 2. The first kappa shape index (κ1) is 14.9. The molecule has 0 spiro atoms. The molecular formula is C17H15NO5. The molecule has 0 fully saturated rings. The van der Waals surface area contributed by atoms with E-state index in [1.165, 1.54) is 12.1 Å². The molecule has 1 aliphatic rings. The van der Waals surface area contributed by atoms with Gasteiger partial charge in [-0.15, -0.1) is 0 Å². The molecule has 2 atom stereocenters. The number of amides is 1. The number of benzene rings is 2. The van der Waals surface area contributed by atoms with E-state index < -0.39 is 24.1 Å². The van der Waals surface area contributed by atoms with Crippen molar-refractivity contribution in [3.8, 4) is 11.5 Å². The van der Waals surface area contributed by atoms with Gasteiger partial charge in [0.1, 0.15) is 6.10 Å². The number of carboxylic acids is 1. The first-order chi connectivity index (χ1) is 11.1. The lowest BCUT2D eigenvalue weighted by Gasteiger charge is -2.31. The van der Waals surface area contributed by atoms with E-state index in [9.17, 15) is 9.59 Å². The lowest BCUT2D eigenvalue weighted by atomic mass is 10.1. The van der Waals surface area contributed by atoms with Gasteiger partial charge in [0.2, 0.25) is 6.10 Å². The molecule has 0 aliphatic carbocycles. The maximum atomic E-state index is 12.5. The number of ether oxygens (including phenoxy) is 2. The lowest BCUT2D eigenvalue weighted by Crippen LogP contribution is -2.46. The Morgan fingerprint density at radius 1 is 1.00 bits per heavy atom. The topological polar surface area (TPSA) is 84.9 Å². The zero-order valence-corrected chi connectivity index (χ0v) is 12.4. The monoisotopic (exact) mass is 313 g/mol. The number of carboxylic acid groups (broad SMARTS) is 1. The Kier molecular flexibility index (Phi) is 3.89. The van der Waals surface area contributed by atoms with Crippen molar-refractivity contribution in [2.45, 2.75) is 19.1 Å². The number of rotatable bonds is 3. The zero-order chi connectivity index (χ0) is 16.4. The summed E-state index contributed by atoms with van der Waals surface area (Å²) >= 11 is 0. The summed E-state index contributed by atoms with van der Waals surface area (Å²) in [5, 5.41) is 11.8. The van der Waals surface area contributed by atoms with Gasteiger partial charge >= 0.3 is 5.97 Å². The standard InChI is InChI=1S/C17H15NO5/c1-10-15(23-14-9-5-4-8-13(14)22-10)16(19)18-12-7-3-2-6-11(12)17(20)21/h2-10,15H,1H3,(H,18,19)(H,20,21). The summed E-state index contributed by atoms with van der Waals surface area (Å²) in [6.07, 6.45) is -1.37. The van der Waals surface area contributed by atoms with Crippen LogP contribution in [0.5, 0.6) is 11.5 Å². The smallest absolute Gasteiger partial charge is 0.337 e. The predicted molar refractivity (Wildman–Crippen MR) is 83.0 cm³/mol. The molecule has 1 amide bonds. The van der Waals surface area contributed by atoms with Crippen LogP contribution in [0, 0.1) is 0 Å². The van der Waals surface area contributed by atoms with E-state index in [0.717, 1.165) is 0 Å². The Labute approximate surface area is 132 Å². The highest BCUT2D eigenvalue weighted by molar-refractivity contribution is 6.02. The van der Waals surface area contributed by atoms with Gasteiger partial charge in [0.15, 0.2) is 11.5 Å². The average molecular weight is 313 g/mol. The molecule has 3 rings (SSSR count). The fourth-order valence-corrected chi connectivity index (χ4v) is 2.39. The van der Waals surface area contributed by atoms with E-state index in [1.807, 2.05) is 6.07 Å². The van der Waals surface area contributed by atoms with Crippen molar-refractivity contribution < 1.29 is 24.2 Å². The molecule has 1 heterocycles. The van der Waals surface area contributed by atoms with Gasteiger partial charge in [-0.2, -0.15) is 0 Å². The highest BCUT2D eigenvalue weighted by Crippen LogP contribution is 2.33. The Morgan fingerprint density at radius 3 is 2.30 bits per heavy atom. The number of fused-ring (bicyclic) bond motifs is 1. The molecule has 2 unspecified atom stereocenters. The van der Waals surface area contributed by atoms with Crippen LogP contribution in [-0.2, 0) is 4.79 Å². The van der Waals surface area contributed by atoms with Crippen molar-refractivity contribution in [3.63, 3.8) is 0 Å². The Morgan fingerprint density at radius 2 is 1.61 bits per heavy atom. The number of nitrogens with one attached hydrogen (secondary N) is 1. The molecule has 2 aromatic rings. The summed E-state index contributed by atoms with van der Waals surface area (Å²) in [5.74, 6) is -0.506. The molecule has 2 aromatic carbocycles. The van der Waals surface area contributed by atoms with Crippen LogP contribution in [0.2, 0.25) is 0 Å².